The molecule has 13 heavy (non-hydrogen) atoms. The highest BCUT2D eigenvalue weighted by atomic mass is 16.5. The number of ether oxygens (including phenoxy) is 1. The van der Waals surface area contributed by atoms with Crippen LogP contribution in [0.25, 0.3) is 0 Å². The molecule has 0 spiro atoms. The van der Waals surface area contributed by atoms with Gasteiger partial charge in [0.2, 0.25) is 5.90 Å². The molecular formula is C11H11NO. The van der Waals surface area contributed by atoms with E-state index in [4.69, 9.17) is 4.74 Å². The number of aliphatic imine (C=N–C) groups is 1. The second-order valence-corrected chi connectivity index (χ2v) is 2.91. The quantitative estimate of drug-likeness (QED) is 0.672. The van der Waals surface area contributed by atoms with E-state index in [2.05, 4.69) is 23.7 Å². The summed E-state index contributed by atoms with van der Waals surface area (Å²) in [5.41, 5.74) is 1.19. The second kappa shape index (κ2) is 3.44. The molecule has 1 unspecified atom stereocenters. The Morgan fingerprint density at radius 3 is 2.77 bits per heavy atom. The number of hydrogen-bond acceptors (Lipinski definition) is 2. The van der Waals surface area contributed by atoms with Gasteiger partial charge in [0, 0.05) is 0 Å². The van der Waals surface area contributed by atoms with E-state index >= 15 is 0 Å². The lowest BCUT2D eigenvalue weighted by Gasteiger charge is -2.03. The molecule has 0 fully saturated rings. The maximum absolute atomic E-state index is 5.30. The van der Waals surface area contributed by atoms with Crippen molar-refractivity contribution < 1.29 is 4.74 Å². The fraction of sp³-hybridized carbons (Fsp3) is 0.182. The van der Waals surface area contributed by atoms with E-state index in [0.717, 1.165) is 0 Å². The van der Waals surface area contributed by atoms with Gasteiger partial charge in [0.25, 0.3) is 0 Å². The van der Waals surface area contributed by atoms with Crippen molar-refractivity contribution in [2.24, 2.45) is 4.99 Å². The highest BCUT2D eigenvalue weighted by Crippen LogP contribution is 2.22. The smallest absolute Gasteiger partial charge is 0.208 e. The summed E-state index contributed by atoms with van der Waals surface area (Å²) >= 11 is 0. The minimum atomic E-state index is 0.147. The van der Waals surface area contributed by atoms with Crippen molar-refractivity contribution in [2.45, 2.75) is 6.04 Å². The molecule has 1 aliphatic rings. The Morgan fingerprint density at radius 2 is 2.15 bits per heavy atom. The topological polar surface area (TPSA) is 21.6 Å². The predicted molar refractivity (Wildman–Crippen MR) is 52.8 cm³/mol. The number of nitrogens with zero attached hydrogens (tertiary/aromatic N) is 1. The highest BCUT2D eigenvalue weighted by molar-refractivity contribution is 5.88. The zero-order valence-electron chi connectivity index (χ0n) is 7.31. The minimum absolute atomic E-state index is 0.147. The first-order valence-corrected chi connectivity index (χ1v) is 4.28. The molecule has 0 saturated heterocycles. The van der Waals surface area contributed by atoms with E-state index in [1.54, 1.807) is 6.08 Å². The largest absolute Gasteiger partial charge is 0.475 e. The molecule has 0 N–H and O–H groups in total. The SMILES string of the molecule is C=CC1=NC(c2ccccc2)CO1. The molecule has 66 valence electrons. The Labute approximate surface area is 77.6 Å². The van der Waals surface area contributed by atoms with Crippen molar-refractivity contribution in [2.75, 3.05) is 6.61 Å². The van der Waals surface area contributed by atoms with Gasteiger partial charge in [-0.1, -0.05) is 36.9 Å². The van der Waals surface area contributed by atoms with Gasteiger partial charge in [0.05, 0.1) is 0 Å². The van der Waals surface area contributed by atoms with Crippen LogP contribution in [0, 0.1) is 0 Å². The van der Waals surface area contributed by atoms with Crippen LogP contribution in [0.2, 0.25) is 0 Å². The normalized spacial score (nSPS) is 20.6. The summed E-state index contributed by atoms with van der Waals surface area (Å²) < 4.78 is 5.30. The van der Waals surface area contributed by atoms with Gasteiger partial charge in [0.15, 0.2) is 0 Å². The Balaban J connectivity index is 2.21. The van der Waals surface area contributed by atoms with Gasteiger partial charge in [0.1, 0.15) is 12.6 Å². The minimum Gasteiger partial charge on any atom is -0.475 e. The van der Waals surface area contributed by atoms with Gasteiger partial charge < -0.3 is 4.74 Å². The van der Waals surface area contributed by atoms with E-state index in [1.807, 2.05) is 18.2 Å². The summed E-state index contributed by atoms with van der Waals surface area (Å²) in [5.74, 6) is 0.647. The van der Waals surface area contributed by atoms with Crippen molar-refractivity contribution in [3.63, 3.8) is 0 Å². The Bertz CT molecular complexity index is 329. The van der Waals surface area contributed by atoms with Crippen LogP contribution in [0.4, 0.5) is 0 Å². The number of hydrogen-bond donors (Lipinski definition) is 0. The molecular weight excluding hydrogens is 162 g/mol. The van der Waals surface area contributed by atoms with E-state index in [1.165, 1.54) is 5.56 Å². The summed E-state index contributed by atoms with van der Waals surface area (Å²) in [5, 5.41) is 0. The summed E-state index contributed by atoms with van der Waals surface area (Å²) in [6, 6.07) is 10.3. The van der Waals surface area contributed by atoms with Crippen LogP contribution in [0.3, 0.4) is 0 Å². The average molecular weight is 173 g/mol. The summed E-state index contributed by atoms with van der Waals surface area (Å²) in [4.78, 5) is 4.35. The van der Waals surface area contributed by atoms with Crippen molar-refractivity contribution in [1.82, 2.24) is 0 Å². The van der Waals surface area contributed by atoms with Crippen LogP contribution in [0.15, 0.2) is 48.0 Å². The zero-order chi connectivity index (χ0) is 9.10. The van der Waals surface area contributed by atoms with Gasteiger partial charge in [-0.2, -0.15) is 0 Å². The molecule has 1 heterocycles. The highest BCUT2D eigenvalue weighted by Gasteiger charge is 2.17. The van der Waals surface area contributed by atoms with Crippen LogP contribution in [-0.4, -0.2) is 12.5 Å². The first-order valence-electron chi connectivity index (χ1n) is 4.28. The van der Waals surface area contributed by atoms with Crippen LogP contribution < -0.4 is 0 Å². The molecule has 1 aromatic rings. The van der Waals surface area contributed by atoms with Crippen molar-refractivity contribution in [3.05, 3.63) is 48.6 Å². The molecule has 2 rings (SSSR count). The average Bonchev–Trinajstić information content (AvgIpc) is 2.67. The van der Waals surface area contributed by atoms with Crippen LogP contribution in [0.1, 0.15) is 11.6 Å². The molecule has 1 aliphatic heterocycles. The Kier molecular flexibility index (Phi) is 2.13. The second-order valence-electron chi connectivity index (χ2n) is 2.91. The van der Waals surface area contributed by atoms with Gasteiger partial charge >= 0.3 is 0 Å². The van der Waals surface area contributed by atoms with E-state index in [-0.39, 0.29) is 6.04 Å². The van der Waals surface area contributed by atoms with Crippen LogP contribution in [-0.2, 0) is 4.74 Å². The predicted octanol–water partition coefficient (Wildman–Crippen LogP) is 2.34. The van der Waals surface area contributed by atoms with Crippen molar-refractivity contribution in [3.8, 4) is 0 Å². The third-order valence-corrected chi connectivity index (χ3v) is 2.03. The molecule has 1 atom stereocenters. The van der Waals surface area contributed by atoms with Gasteiger partial charge in [-0.25, -0.2) is 4.99 Å². The van der Waals surface area contributed by atoms with Gasteiger partial charge in [-0.15, -0.1) is 0 Å². The van der Waals surface area contributed by atoms with Crippen LogP contribution in [0.5, 0.6) is 0 Å². The number of rotatable bonds is 2. The van der Waals surface area contributed by atoms with E-state index in [0.29, 0.717) is 12.5 Å². The first kappa shape index (κ1) is 8.05. The molecule has 0 aliphatic carbocycles. The third kappa shape index (κ3) is 1.61. The Hall–Kier alpha value is -1.57. The Morgan fingerprint density at radius 1 is 1.38 bits per heavy atom. The van der Waals surface area contributed by atoms with Gasteiger partial charge in [-0.3, -0.25) is 0 Å². The monoisotopic (exact) mass is 173 g/mol. The standard InChI is InChI=1S/C11H11NO/c1-2-11-12-10(8-13-11)9-6-4-3-5-7-9/h2-7,10H,1,8H2. The van der Waals surface area contributed by atoms with Crippen molar-refractivity contribution >= 4 is 5.90 Å². The molecule has 2 heteroatoms. The number of benzene rings is 1. The fourth-order valence-electron chi connectivity index (χ4n) is 1.35. The van der Waals surface area contributed by atoms with Crippen molar-refractivity contribution in [1.29, 1.82) is 0 Å². The molecule has 0 amide bonds. The first-order chi connectivity index (χ1) is 6.40. The fourth-order valence-corrected chi connectivity index (χ4v) is 1.35. The zero-order valence-corrected chi connectivity index (χ0v) is 7.31. The van der Waals surface area contributed by atoms with E-state index in [9.17, 15) is 0 Å². The lowest BCUT2D eigenvalue weighted by atomic mass is 10.1. The maximum atomic E-state index is 5.30. The molecule has 0 bridgehead atoms. The summed E-state index contributed by atoms with van der Waals surface area (Å²) in [6.07, 6.45) is 1.64. The molecule has 2 nitrogen and oxygen atoms in total. The molecule has 0 aromatic heterocycles. The lowest BCUT2D eigenvalue weighted by Crippen LogP contribution is -1.97. The molecule has 0 radical (unpaired) electrons. The molecule has 1 aromatic carbocycles. The lowest BCUT2D eigenvalue weighted by molar-refractivity contribution is 0.321. The van der Waals surface area contributed by atoms with Crippen LogP contribution >= 0.6 is 0 Å². The van der Waals surface area contributed by atoms with E-state index < -0.39 is 0 Å². The summed E-state index contributed by atoms with van der Waals surface area (Å²) in [6.45, 7) is 4.25. The third-order valence-electron chi connectivity index (χ3n) is 2.03. The molecule has 0 saturated carbocycles. The van der Waals surface area contributed by atoms with Gasteiger partial charge in [-0.05, 0) is 11.6 Å². The maximum Gasteiger partial charge on any atom is 0.208 e. The summed E-state index contributed by atoms with van der Waals surface area (Å²) in [7, 11) is 0.